The van der Waals surface area contributed by atoms with E-state index in [9.17, 15) is 14.9 Å². The first-order chi connectivity index (χ1) is 11.0. The molecule has 0 spiro atoms. The van der Waals surface area contributed by atoms with Gasteiger partial charge in [-0.25, -0.2) is 0 Å². The molecule has 0 aromatic heterocycles. The van der Waals surface area contributed by atoms with Gasteiger partial charge in [0.25, 0.3) is 5.69 Å². The first kappa shape index (κ1) is 16.7. The fraction of sp³-hybridized carbons (Fsp3) is 0.118. The Morgan fingerprint density at radius 2 is 2.00 bits per heavy atom. The highest BCUT2D eigenvalue weighted by Crippen LogP contribution is 2.19. The lowest BCUT2D eigenvalue weighted by atomic mass is 10.1. The van der Waals surface area contributed by atoms with Crippen LogP contribution in [0.15, 0.2) is 54.6 Å². The van der Waals surface area contributed by atoms with E-state index in [1.807, 2.05) is 12.1 Å². The molecule has 0 atom stereocenters. The first-order valence-corrected chi connectivity index (χ1v) is 7.26. The van der Waals surface area contributed by atoms with Gasteiger partial charge in [0.1, 0.15) is 0 Å². The van der Waals surface area contributed by atoms with Gasteiger partial charge in [0, 0.05) is 30.8 Å². The summed E-state index contributed by atoms with van der Waals surface area (Å²) in [4.78, 5) is 24.1. The van der Waals surface area contributed by atoms with E-state index < -0.39 is 4.92 Å². The van der Waals surface area contributed by atoms with Crippen LogP contribution in [-0.4, -0.2) is 22.8 Å². The van der Waals surface area contributed by atoms with E-state index in [0.29, 0.717) is 17.1 Å². The van der Waals surface area contributed by atoms with Crippen molar-refractivity contribution < 1.29 is 9.72 Å². The van der Waals surface area contributed by atoms with E-state index in [-0.39, 0.29) is 11.6 Å². The number of hydrogen-bond acceptors (Lipinski definition) is 3. The number of carbonyl (C=O) groups is 1. The average molecular weight is 331 g/mol. The molecule has 0 aliphatic carbocycles. The van der Waals surface area contributed by atoms with Gasteiger partial charge < -0.3 is 4.90 Å². The Balaban J connectivity index is 2.08. The fourth-order valence-electron chi connectivity index (χ4n) is 2.07. The van der Waals surface area contributed by atoms with Gasteiger partial charge in [-0.05, 0) is 29.8 Å². The Kier molecular flexibility index (Phi) is 5.49. The molecule has 0 N–H and O–H groups in total. The van der Waals surface area contributed by atoms with Gasteiger partial charge in [-0.1, -0.05) is 35.9 Å². The highest BCUT2D eigenvalue weighted by atomic mass is 35.5. The summed E-state index contributed by atoms with van der Waals surface area (Å²) in [7, 11) is 1.66. The molecule has 0 fully saturated rings. The molecule has 5 nitrogen and oxygen atoms in total. The predicted molar refractivity (Wildman–Crippen MR) is 90.1 cm³/mol. The van der Waals surface area contributed by atoms with Crippen LogP contribution in [-0.2, 0) is 11.3 Å². The third-order valence-corrected chi connectivity index (χ3v) is 3.46. The number of hydrogen-bond donors (Lipinski definition) is 0. The smallest absolute Gasteiger partial charge is 0.276 e. The normalized spacial score (nSPS) is 10.7. The number of carbonyl (C=O) groups excluding carboxylic acids is 1. The molecule has 2 aromatic rings. The Labute approximate surface area is 139 Å². The molecular formula is C17H15ClN2O3. The zero-order valence-corrected chi connectivity index (χ0v) is 13.2. The van der Waals surface area contributed by atoms with Crippen molar-refractivity contribution in [2.75, 3.05) is 7.05 Å². The zero-order chi connectivity index (χ0) is 16.8. The summed E-state index contributed by atoms with van der Waals surface area (Å²) >= 11 is 5.91. The molecule has 0 radical (unpaired) electrons. The van der Waals surface area contributed by atoms with Gasteiger partial charge in [0.2, 0.25) is 5.91 Å². The minimum atomic E-state index is -0.472. The van der Waals surface area contributed by atoms with Crippen molar-refractivity contribution >= 4 is 29.3 Å². The van der Waals surface area contributed by atoms with Gasteiger partial charge in [0.15, 0.2) is 0 Å². The molecule has 118 valence electrons. The van der Waals surface area contributed by atoms with Crippen molar-refractivity contribution in [3.63, 3.8) is 0 Å². The van der Waals surface area contributed by atoms with E-state index in [1.165, 1.54) is 23.1 Å². The largest absolute Gasteiger partial charge is 0.338 e. The van der Waals surface area contributed by atoms with Crippen LogP contribution in [0, 0.1) is 10.1 Å². The molecule has 0 saturated heterocycles. The van der Waals surface area contributed by atoms with Crippen LogP contribution >= 0.6 is 11.6 Å². The summed E-state index contributed by atoms with van der Waals surface area (Å²) in [5.74, 6) is -0.247. The van der Waals surface area contributed by atoms with Crippen molar-refractivity contribution in [2.24, 2.45) is 0 Å². The van der Waals surface area contributed by atoms with E-state index in [4.69, 9.17) is 11.6 Å². The van der Waals surface area contributed by atoms with Crippen LogP contribution < -0.4 is 0 Å². The highest BCUT2D eigenvalue weighted by molar-refractivity contribution is 6.30. The predicted octanol–water partition coefficient (Wildman–Crippen LogP) is 3.92. The standard InChI is InChI=1S/C17H15ClN2O3/c1-19(12-13-5-4-7-15(18)11-13)17(21)10-9-14-6-2-3-8-16(14)20(22)23/h2-11H,12H2,1H3/b10-9-. The number of amides is 1. The van der Waals surface area contributed by atoms with Crippen molar-refractivity contribution in [1.29, 1.82) is 0 Å². The molecule has 0 saturated carbocycles. The van der Waals surface area contributed by atoms with Crippen LogP contribution in [0.2, 0.25) is 5.02 Å². The quantitative estimate of drug-likeness (QED) is 0.474. The second-order valence-corrected chi connectivity index (χ2v) is 5.41. The SMILES string of the molecule is CN(Cc1cccc(Cl)c1)C(=O)/C=C\c1ccccc1[N+](=O)[O-]. The maximum atomic E-state index is 12.1. The van der Waals surface area contributed by atoms with Crippen molar-refractivity contribution in [1.82, 2.24) is 4.90 Å². The number of benzene rings is 2. The average Bonchev–Trinajstić information content (AvgIpc) is 2.52. The van der Waals surface area contributed by atoms with Gasteiger partial charge in [-0.3, -0.25) is 14.9 Å². The van der Waals surface area contributed by atoms with Crippen LogP contribution in [0.1, 0.15) is 11.1 Å². The summed E-state index contributed by atoms with van der Waals surface area (Å²) in [5, 5.41) is 11.5. The fourth-order valence-corrected chi connectivity index (χ4v) is 2.28. The van der Waals surface area contributed by atoms with E-state index in [2.05, 4.69) is 0 Å². The van der Waals surface area contributed by atoms with Crippen LogP contribution in [0.4, 0.5) is 5.69 Å². The Hall–Kier alpha value is -2.66. The first-order valence-electron chi connectivity index (χ1n) is 6.88. The number of nitro benzene ring substituents is 1. The van der Waals surface area contributed by atoms with Crippen molar-refractivity contribution in [2.45, 2.75) is 6.54 Å². The third kappa shape index (κ3) is 4.66. The lowest BCUT2D eigenvalue weighted by molar-refractivity contribution is -0.385. The van der Waals surface area contributed by atoms with E-state index >= 15 is 0 Å². The molecule has 0 aliphatic rings. The number of rotatable bonds is 5. The van der Waals surface area contributed by atoms with Gasteiger partial charge in [0.05, 0.1) is 10.5 Å². The van der Waals surface area contributed by atoms with E-state index in [1.54, 1.807) is 37.4 Å². The number of nitro groups is 1. The minimum absolute atomic E-state index is 0.0333. The van der Waals surface area contributed by atoms with Crippen LogP contribution in [0.25, 0.3) is 6.08 Å². The Morgan fingerprint density at radius 1 is 1.26 bits per heavy atom. The maximum absolute atomic E-state index is 12.1. The molecule has 23 heavy (non-hydrogen) atoms. The molecule has 0 bridgehead atoms. The molecule has 6 heteroatoms. The minimum Gasteiger partial charge on any atom is -0.338 e. The van der Waals surface area contributed by atoms with Gasteiger partial charge >= 0.3 is 0 Å². The third-order valence-electron chi connectivity index (χ3n) is 3.22. The Morgan fingerprint density at radius 3 is 2.70 bits per heavy atom. The van der Waals surface area contributed by atoms with E-state index in [0.717, 1.165) is 5.56 Å². The van der Waals surface area contributed by atoms with Crippen LogP contribution in [0.5, 0.6) is 0 Å². The summed E-state index contributed by atoms with van der Waals surface area (Å²) < 4.78 is 0. The maximum Gasteiger partial charge on any atom is 0.276 e. The number of para-hydroxylation sites is 1. The monoisotopic (exact) mass is 330 g/mol. The van der Waals surface area contributed by atoms with Gasteiger partial charge in [-0.15, -0.1) is 0 Å². The lowest BCUT2D eigenvalue weighted by Gasteiger charge is -2.15. The topological polar surface area (TPSA) is 63.5 Å². The van der Waals surface area contributed by atoms with Crippen molar-refractivity contribution in [3.05, 3.63) is 80.9 Å². The number of nitrogens with zero attached hydrogens (tertiary/aromatic N) is 2. The van der Waals surface area contributed by atoms with Gasteiger partial charge in [-0.2, -0.15) is 0 Å². The lowest BCUT2D eigenvalue weighted by Crippen LogP contribution is -2.24. The molecular weight excluding hydrogens is 316 g/mol. The Bertz CT molecular complexity index is 759. The molecule has 0 heterocycles. The molecule has 2 rings (SSSR count). The number of halogens is 1. The summed E-state index contributed by atoms with van der Waals surface area (Å²) in [6.45, 7) is 0.403. The highest BCUT2D eigenvalue weighted by Gasteiger charge is 2.11. The summed E-state index contributed by atoms with van der Waals surface area (Å²) in [6, 6.07) is 13.5. The molecule has 1 amide bonds. The summed E-state index contributed by atoms with van der Waals surface area (Å²) in [5.41, 5.74) is 1.27. The molecule has 0 unspecified atom stereocenters. The summed E-state index contributed by atoms with van der Waals surface area (Å²) in [6.07, 6.45) is 2.78. The van der Waals surface area contributed by atoms with Crippen LogP contribution in [0.3, 0.4) is 0 Å². The van der Waals surface area contributed by atoms with Crippen molar-refractivity contribution in [3.8, 4) is 0 Å². The molecule has 2 aromatic carbocycles. The molecule has 0 aliphatic heterocycles. The second kappa shape index (κ2) is 7.56. The number of likely N-dealkylation sites (N-methyl/N-ethyl adjacent to an activating group) is 1. The zero-order valence-electron chi connectivity index (χ0n) is 12.5. The second-order valence-electron chi connectivity index (χ2n) is 4.97.